The molecule has 0 amide bonds. The third-order valence-corrected chi connectivity index (χ3v) is 9.92. The molecule has 0 N–H and O–H groups in total. The van der Waals surface area contributed by atoms with E-state index < -0.39 is 17.6 Å². The predicted octanol–water partition coefficient (Wildman–Crippen LogP) is 4.77. The molecule has 0 saturated heterocycles. The second-order valence-electron chi connectivity index (χ2n) is 6.03. The molecule has 1 rings (SSSR count). The third-order valence-electron chi connectivity index (χ3n) is 4.16. The molecular formula is C19H38O2PtSi2. The van der Waals surface area contributed by atoms with Crippen LogP contribution in [-0.4, -0.2) is 37.7 Å². The van der Waals surface area contributed by atoms with Gasteiger partial charge in [0.05, 0.1) is 9.52 Å². The number of hydrogen-bond donors (Lipinski definition) is 0. The molecule has 5 heteroatoms. The molecule has 0 aromatic rings. The molecule has 0 bridgehead atoms. The standard InChI is InChI=1S/C16H29O2Si2.3CH3.Pt/c1-7-12-20(5,6)15-11-9-10-13(15)14(8-2)19-16(17-3)18-4;;;;/h7,10,14,16H,1,8-9,12,19H2,2-6H3;3*1H3;/q4*-1;+4. The molecule has 0 heterocycles. The molecule has 0 aromatic carbocycles. The van der Waals surface area contributed by atoms with Gasteiger partial charge in [-0.25, -0.2) is 10.8 Å². The Balaban J connectivity index is -0.000000500. The van der Waals surface area contributed by atoms with Crippen molar-refractivity contribution < 1.29 is 30.5 Å². The average molecular weight is 550 g/mol. The molecule has 1 unspecified atom stereocenters. The van der Waals surface area contributed by atoms with Gasteiger partial charge in [0.25, 0.3) is 0 Å². The van der Waals surface area contributed by atoms with E-state index >= 15 is 0 Å². The molecular weight excluding hydrogens is 511 g/mol. The number of methoxy groups -OCH3 is 2. The molecule has 1 aliphatic carbocycles. The van der Waals surface area contributed by atoms with Crippen molar-refractivity contribution in [3.63, 3.8) is 0 Å². The summed E-state index contributed by atoms with van der Waals surface area (Å²) in [6.45, 7) is 11.1. The van der Waals surface area contributed by atoms with Crippen LogP contribution in [0.2, 0.25) is 24.7 Å². The molecule has 0 aliphatic heterocycles. The van der Waals surface area contributed by atoms with Gasteiger partial charge in [-0.3, -0.25) is 6.08 Å². The van der Waals surface area contributed by atoms with E-state index in [2.05, 4.69) is 44.8 Å². The molecule has 24 heavy (non-hydrogen) atoms. The maximum Gasteiger partial charge on any atom is 4.00 e. The van der Waals surface area contributed by atoms with E-state index in [0.717, 1.165) is 12.5 Å². The number of allylic oxidation sites excluding steroid dienone is 5. The summed E-state index contributed by atoms with van der Waals surface area (Å²) < 4.78 is 10.9. The Labute approximate surface area is 170 Å². The first-order valence-electron chi connectivity index (χ1n) is 7.48. The van der Waals surface area contributed by atoms with Crippen LogP contribution in [0.3, 0.4) is 0 Å². The van der Waals surface area contributed by atoms with Gasteiger partial charge in [-0.1, -0.05) is 38.1 Å². The monoisotopic (exact) mass is 549 g/mol. The van der Waals surface area contributed by atoms with Gasteiger partial charge in [0, 0.05) is 22.3 Å². The Kier molecular flexibility index (Phi) is 20.7. The Morgan fingerprint density at radius 1 is 1.29 bits per heavy atom. The van der Waals surface area contributed by atoms with Crippen molar-refractivity contribution in [2.75, 3.05) is 14.2 Å². The maximum absolute atomic E-state index is 5.44. The molecule has 0 fully saturated rings. The van der Waals surface area contributed by atoms with Gasteiger partial charge in [0.1, 0.15) is 5.91 Å². The maximum atomic E-state index is 5.44. The summed E-state index contributed by atoms with van der Waals surface area (Å²) in [5.41, 5.74) is 2.19. The van der Waals surface area contributed by atoms with Gasteiger partial charge in [-0.05, 0) is 6.04 Å². The van der Waals surface area contributed by atoms with E-state index in [9.17, 15) is 0 Å². The van der Waals surface area contributed by atoms with E-state index in [-0.39, 0.29) is 49.3 Å². The number of hydrogen-bond acceptors (Lipinski definition) is 2. The normalized spacial score (nSPS) is 14.8. The van der Waals surface area contributed by atoms with Gasteiger partial charge in [-0.15, -0.1) is 13.0 Å². The summed E-state index contributed by atoms with van der Waals surface area (Å²) >= 11 is 0. The van der Waals surface area contributed by atoms with Crippen molar-refractivity contribution >= 4 is 17.6 Å². The van der Waals surface area contributed by atoms with Crippen LogP contribution in [0.1, 0.15) is 19.8 Å². The molecule has 0 spiro atoms. The zero-order chi connectivity index (χ0) is 15.2. The van der Waals surface area contributed by atoms with E-state index in [0.29, 0.717) is 5.54 Å². The van der Waals surface area contributed by atoms with Crippen molar-refractivity contribution in [2.45, 2.75) is 50.4 Å². The molecule has 144 valence electrons. The molecule has 0 saturated carbocycles. The first-order chi connectivity index (χ1) is 9.50. The van der Waals surface area contributed by atoms with Gasteiger partial charge in [0.2, 0.25) is 0 Å². The molecule has 0 aromatic heterocycles. The van der Waals surface area contributed by atoms with Crippen LogP contribution in [0.15, 0.2) is 29.5 Å². The predicted molar refractivity (Wildman–Crippen MR) is 112 cm³/mol. The Hall–Kier alpha value is 0.262. The van der Waals surface area contributed by atoms with E-state index in [4.69, 9.17) is 9.47 Å². The molecule has 2 nitrogen and oxygen atoms in total. The Morgan fingerprint density at radius 2 is 1.83 bits per heavy atom. The summed E-state index contributed by atoms with van der Waals surface area (Å²) in [5, 5.41) is 1.53. The average Bonchev–Trinajstić information content (AvgIpc) is 2.90. The van der Waals surface area contributed by atoms with Crippen molar-refractivity contribution in [2.24, 2.45) is 0 Å². The second-order valence-corrected chi connectivity index (χ2v) is 12.8. The quantitative estimate of drug-likeness (QED) is 0.179. The van der Waals surface area contributed by atoms with Crippen LogP contribution < -0.4 is 0 Å². The molecule has 1 aliphatic rings. The van der Waals surface area contributed by atoms with E-state index in [1.54, 1.807) is 19.8 Å². The fourth-order valence-electron chi connectivity index (χ4n) is 2.97. The second kappa shape index (κ2) is 15.5. The summed E-state index contributed by atoms with van der Waals surface area (Å²) in [4.78, 5) is 0. The minimum atomic E-state index is -1.42. The summed E-state index contributed by atoms with van der Waals surface area (Å²) in [5.74, 6) is 0.0203. The zero-order valence-electron chi connectivity index (χ0n) is 17.0. The Bertz CT molecular complexity index is 389. The van der Waals surface area contributed by atoms with Gasteiger partial charge in [0.15, 0.2) is 0 Å². The van der Waals surface area contributed by atoms with E-state index in [1.165, 1.54) is 11.6 Å². The molecule has 1 atom stereocenters. The van der Waals surface area contributed by atoms with Crippen LogP contribution in [0.5, 0.6) is 0 Å². The first kappa shape index (κ1) is 32.0. The summed E-state index contributed by atoms with van der Waals surface area (Å²) in [6, 6.07) is 1.13. The van der Waals surface area contributed by atoms with Crippen LogP contribution in [-0.2, 0) is 30.5 Å². The van der Waals surface area contributed by atoms with Crippen molar-refractivity contribution in [1.82, 2.24) is 0 Å². The fraction of sp³-hybridized carbons (Fsp3) is 0.526. The van der Waals surface area contributed by atoms with Gasteiger partial charge in [-0.2, -0.15) is 6.08 Å². The SMILES string of the molecule is C=CC[Si](C)(C)C1=[C-]CC=C1C(CC)[SiH2]C(OC)OC.[CH3-].[CH3-].[CH3-].[Pt+4]. The topological polar surface area (TPSA) is 18.5 Å². The van der Waals surface area contributed by atoms with Crippen molar-refractivity contribution in [3.05, 3.63) is 57.9 Å². The summed E-state index contributed by atoms with van der Waals surface area (Å²) in [7, 11) is 1.60. The Morgan fingerprint density at radius 3 is 2.25 bits per heavy atom. The number of ether oxygens (including phenoxy) is 2. The zero-order valence-corrected chi connectivity index (χ0v) is 21.7. The van der Waals surface area contributed by atoms with Gasteiger partial charge >= 0.3 is 21.1 Å². The smallest absolute Gasteiger partial charge is 0.360 e. The van der Waals surface area contributed by atoms with E-state index in [1.807, 2.05) is 0 Å². The molecule has 0 radical (unpaired) electrons. The minimum Gasteiger partial charge on any atom is -0.360 e. The van der Waals surface area contributed by atoms with Crippen molar-refractivity contribution in [3.8, 4) is 0 Å². The summed E-state index contributed by atoms with van der Waals surface area (Å²) in [6.07, 6.45) is 10.2. The fourth-order valence-corrected chi connectivity index (χ4v) is 7.57. The van der Waals surface area contributed by atoms with Crippen LogP contribution in [0.25, 0.3) is 0 Å². The van der Waals surface area contributed by atoms with Crippen LogP contribution in [0.4, 0.5) is 0 Å². The third kappa shape index (κ3) is 8.57. The minimum absolute atomic E-state index is 0. The van der Waals surface area contributed by atoms with Crippen LogP contribution in [0, 0.1) is 28.4 Å². The van der Waals surface area contributed by atoms with Crippen molar-refractivity contribution in [1.29, 1.82) is 0 Å². The van der Waals surface area contributed by atoms with Gasteiger partial charge < -0.3 is 31.8 Å². The van der Waals surface area contributed by atoms with Crippen LogP contribution >= 0.6 is 0 Å². The number of rotatable bonds is 9. The largest absolute Gasteiger partial charge is 4.00 e. The first-order valence-corrected chi connectivity index (χ1v) is 12.3.